The molecule has 0 bridgehead atoms. The Labute approximate surface area is 272 Å². The van der Waals surface area contributed by atoms with E-state index in [1.807, 2.05) is 11.3 Å². The highest BCUT2D eigenvalue weighted by Gasteiger charge is 2.40. The average molecular weight is 607 g/mol. The van der Waals surface area contributed by atoms with Crippen molar-refractivity contribution in [3.05, 3.63) is 157 Å². The van der Waals surface area contributed by atoms with Gasteiger partial charge in [-0.2, -0.15) is 0 Å². The SMILES string of the molecule is CC1(C)c2ccccc2-c2nc(-c3cccc(-c4ccccc4)c3)nc(-c3cccc(-c4cccc5c4sc4ccccc45)c3)c21. The standard InChI is InChI=1S/C43H30N2S/c1-43(2)36-23-8-6-20-35(36)40-38(43)39(44-42(45-40)31-18-10-15-28(25-31)27-13-4-3-5-14-27)30-17-11-16-29(26-30)32-21-12-22-34-33-19-7-9-24-37(33)46-41(32)34/h3-26H,1-2H3. The Balaban J connectivity index is 1.27. The van der Waals surface area contributed by atoms with Gasteiger partial charge in [-0.25, -0.2) is 9.97 Å². The predicted molar refractivity (Wildman–Crippen MR) is 194 cm³/mol. The summed E-state index contributed by atoms with van der Waals surface area (Å²) in [6.07, 6.45) is 0. The number of thiophene rings is 1. The van der Waals surface area contributed by atoms with Crippen LogP contribution < -0.4 is 0 Å². The first-order chi connectivity index (χ1) is 22.6. The number of aromatic nitrogens is 2. The molecule has 8 aromatic rings. The molecule has 1 aliphatic carbocycles. The van der Waals surface area contributed by atoms with Gasteiger partial charge in [0.15, 0.2) is 5.82 Å². The lowest BCUT2D eigenvalue weighted by Gasteiger charge is -2.24. The molecule has 0 radical (unpaired) electrons. The Bertz CT molecular complexity index is 2450. The van der Waals surface area contributed by atoms with Gasteiger partial charge in [0.2, 0.25) is 0 Å². The van der Waals surface area contributed by atoms with E-state index in [0.29, 0.717) is 0 Å². The van der Waals surface area contributed by atoms with Crippen molar-refractivity contribution >= 4 is 31.5 Å². The van der Waals surface area contributed by atoms with Crippen LogP contribution in [0.4, 0.5) is 0 Å². The summed E-state index contributed by atoms with van der Waals surface area (Å²) in [4.78, 5) is 10.7. The largest absolute Gasteiger partial charge is 0.228 e. The lowest BCUT2D eigenvalue weighted by molar-refractivity contribution is 0.658. The van der Waals surface area contributed by atoms with E-state index in [2.05, 4.69) is 159 Å². The highest BCUT2D eigenvalue weighted by atomic mass is 32.1. The molecule has 0 fully saturated rings. The summed E-state index contributed by atoms with van der Waals surface area (Å²) >= 11 is 1.87. The summed E-state index contributed by atoms with van der Waals surface area (Å²) in [5.41, 5.74) is 12.4. The van der Waals surface area contributed by atoms with E-state index in [0.717, 1.165) is 33.9 Å². The molecule has 0 saturated carbocycles. The van der Waals surface area contributed by atoms with Crippen molar-refractivity contribution in [2.24, 2.45) is 0 Å². The van der Waals surface area contributed by atoms with Gasteiger partial charge < -0.3 is 0 Å². The Morgan fingerprint density at radius 2 is 1.09 bits per heavy atom. The predicted octanol–water partition coefficient (Wildman–Crippen LogP) is 11.8. The van der Waals surface area contributed by atoms with E-state index >= 15 is 0 Å². The second-order valence-corrected chi connectivity index (χ2v) is 13.7. The number of nitrogens with zero attached hydrogens (tertiary/aromatic N) is 2. The van der Waals surface area contributed by atoms with E-state index in [1.165, 1.54) is 53.6 Å². The molecule has 2 heterocycles. The summed E-state index contributed by atoms with van der Waals surface area (Å²) < 4.78 is 2.64. The monoisotopic (exact) mass is 606 g/mol. The fraction of sp³-hybridized carbons (Fsp3) is 0.0698. The Morgan fingerprint density at radius 1 is 0.478 bits per heavy atom. The average Bonchev–Trinajstić information content (AvgIpc) is 3.61. The van der Waals surface area contributed by atoms with Crippen LogP contribution in [0.1, 0.15) is 25.0 Å². The number of benzene rings is 6. The van der Waals surface area contributed by atoms with Gasteiger partial charge in [0.1, 0.15) is 0 Å². The number of hydrogen-bond acceptors (Lipinski definition) is 3. The van der Waals surface area contributed by atoms with E-state index < -0.39 is 0 Å². The van der Waals surface area contributed by atoms with Gasteiger partial charge in [-0.15, -0.1) is 11.3 Å². The van der Waals surface area contributed by atoms with E-state index in [1.54, 1.807) is 0 Å². The third-order valence-corrected chi connectivity index (χ3v) is 10.7. The zero-order valence-corrected chi connectivity index (χ0v) is 26.5. The van der Waals surface area contributed by atoms with Crippen LogP contribution in [0.25, 0.3) is 76.3 Å². The van der Waals surface area contributed by atoms with Crippen molar-refractivity contribution in [1.29, 1.82) is 0 Å². The molecule has 0 atom stereocenters. The zero-order valence-electron chi connectivity index (χ0n) is 25.7. The highest BCUT2D eigenvalue weighted by molar-refractivity contribution is 7.26. The van der Waals surface area contributed by atoms with Crippen LogP contribution in [0, 0.1) is 0 Å². The molecule has 0 unspecified atom stereocenters. The van der Waals surface area contributed by atoms with Gasteiger partial charge in [0.05, 0.1) is 11.4 Å². The molecule has 2 nitrogen and oxygen atoms in total. The summed E-state index contributed by atoms with van der Waals surface area (Å²) in [6.45, 7) is 4.62. The van der Waals surface area contributed by atoms with Gasteiger partial charge >= 0.3 is 0 Å². The van der Waals surface area contributed by atoms with E-state index in [4.69, 9.17) is 9.97 Å². The van der Waals surface area contributed by atoms with Crippen molar-refractivity contribution in [2.45, 2.75) is 19.3 Å². The van der Waals surface area contributed by atoms with E-state index in [-0.39, 0.29) is 5.41 Å². The molecule has 9 rings (SSSR count). The minimum Gasteiger partial charge on any atom is -0.228 e. The van der Waals surface area contributed by atoms with Crippen molar-refractivity contribution < 1.29 is 0 Å². The van der Waals surface area contributed by atoms with Crippen molar-refractivity contribution in [3.8, 4) is 56.2 Å². The summed E-state index contributed by atoms with van der Waals surface area (Å²) in [5.74, 6) is 0.746. The normalized spacial score (nSPS) is 13.2. The molecule has 2 aromatic heterocycles. The van der Waals surface area contributed by atoms with Gasteiger partial charge in [-0.05, 0) is 46.0 Å². The quantitative estimate of drug-likeness (QED) is 0.199. The second kappa shape index (κ2) is 10.3. The molecule has 218 valence electrons. The molecule has 0 N–H and O–H groups in total. The highest BCUT2D eigenvalue weighted by Crippen LogP contribution is 2.51. The summed E-state index contributed by atoms with van der Waals surface area (Å²) in [7, 11) is 0. The van der Waals surface area contributed by atoms with Crippen molar-refractivity contribution in [1.82, 2.24) is 9.97 Å². The third-order valence-electron chi connectivity index (χ3n) is 9.47. The first kappa shape index (κ1) is 27.0. The lowest BCUT2D eigenvalue weighted by atomic mass is 9.80. The number of fused-ring (bicyclic) bond motifs is 6. The summed E-state index contributed by atoms with van der Waals surface area (Å²) in [6, 6.07) is 52.2. The number of hydrogen-bond donors (Lipinski definition) is 0. The maximum absolute atomic E-state index is 5.42. The van der Waals surface area contributed by atoms with E-state index in [9.17, 15) is 0 Å². The molecule has 0 amide bonds. The van der Waals surface area contributed by atoms with Crippen LogP contribution in [0.3, 0.4) is 0 Å². The van der Waals surface area contributed by atoms with Crippen molar-refractivity contribution in [2.75, 3.05) is 0 Å². The van der Waals surface area contributed by atoms with Gasteiger partial charge in [0.25, 0.3) is 0 Å². The lowest BCUT2D eigenvalue weighted by Crippen LogP contribution is -2.17. The maximum atomic E-state index is 5.42. The Morgan fingerprint density at radius 3 is 1.98 bits per heavy atom. The first-order valence-corrected chi connectivity index (χ1v) is 16.6. The van der Waals surface area contributed by atoms with Crippen LogP contribution >= 0.6 is 11.3 Å². The number of rotatable bonds is 4. The van der Waals surface area contributed by atoms with Gasteiger partial charge in [-0.1, -0.05) is 141 Å². The molecule has 46 heavy (non-hydrogen) atoms. The fourth-order valence-corrected chi connectivity index (χ4v) is 8.47. The smallest absolute Gasteiger partial charge is 0.160 e. The van der Waals surface area contributed by atoms with Crippen LogP contribution in [-0.2, 0) is 5.41 Å². The fourth-order valence-electron chi connectivity index (χ4n) is 7.23. The summed E-state index contributed by atoms with van der Waals surface area (Å²) in [5, 5.41) is 2.62. The topological polar surface area (TPSA) is 25.8 Å². The molecule has 1 aliphatic rings. The molecule has 0 saturated heterocycles. The minimum atomic E-state index is -0.243. The molecule has 0 spiro atoms. The van der Waals surface area contributed by atoms with Gasteiger partial charge in [0, 0.05) is 47.8 Å². The van der Waals surface area contributed by atoms with Crippen LogP contribution in [0.2, 0.25) is 0 Å². The van der Waals surface area contributed by atoms with Gasteiger partial charge in [-0.3, -0.25) is 0 Å². The molecular formula is C43H30N2S. The molecule has 6 aromatic carbocycles. The van der Waals surface area contributed by atoms with Crippen LogP contribution in [0.5, 0.6) is 0 Å². The Hall–Kier alpha value is -5.38. The first-order valence-electron chi connectivity index (χ1n) is 15.8. The molecule has 0 aliphatic heterocycles. The second-order valence-electron chi connectivity index (χ2n) is 12.6. The molecular weight excluding hydrogens is 577 g/mol. The third kappa shape index (κ3) is 4.16. The molecule has 3 heteroatoms. The van der Waals surface area contributed by atoms with Crippen LogP contribution in [-0.4, -0.2) is 9.97 Å². The Kier molecular flexibility index (Phi) is 6.06. The van der Waals surface area contributed by atoms with Crippen molar-refractivity contribution in [3.63, 3.8) is 0 Å². The maximum Gasteiger partial charge on any atom is 0.160 e. The zero-order chi connectivity index (χ0) is 30.8. The minimum absolute atomic E-state index is 0.243. The van der Waals surface area contributed by atoms with Crippen LogP contribution in [0.15, 0.2) is 146 Å².